The van der Waals surface area contributed by atoms with Gasteiger partial charge >= 0.3 is 5.97 Å². The molecule has 0 bridgehead atoms. The summed E-state index contributed by atoms with van der Waals surface area (Å²) in [4.78, 5) is 15.4. The van der Waals surface area contributed by atoms with Crippen LogP contribution in [0.5, 0.6) is 0 Å². The highest BCUT2D eigenvalue weighted by Crippen LogP contribution is 2.36. The Hall–Kier alpha value is -1.87. The fraction of sp³-hybridized carbons (Fsp3) is 0.560. The molecule has 3 heteroatoms. The van der Waals surface area contributed by atoms with Crippen LogP contribution in [0.1, 0.15) is 57.9 Å². The molecule has 1 aromatic carbocycles. The van der Waals surface area contributed by atoms with Crippen molar-refractivity contribution in [2.24, 2.45) is 11.3 Å². The maximum Gasteiger partial charge on any atom is 0.315 e. The van der Waals surface area contributed by atoms with Crippen molar-refractivity contribution in [2.45, 2.75) is 59.0 Å². The van der Waals surface area contributed by atoms with Crippen molar-refractivity contribution in [1.29, 1.82) is 0 Å². The van der Waals surface area contributed by atoms with Gasteiger partial charge in [0, 0.05) is 6.54 Å². The van der Waals surface area contributed by atoms with E-state index in [1.165, 1.54) is 13.0 Å². The van der Waals surface area contributed by atoms with E-state index < -0.39 is 5.41 Å². The number of ether oxygens (including phenoxy) is 1. The van der Waals surface area contributed by atoms with Crippen molar-refractivity contribution in [1.82, 2.24) is 4.90 Å². The van der Waals surface area contributed by atoms with E-state index in [4.69, 9.17) is 4.74 Å². The van der Waals surface area contributed by atoms with E-state index >= 15 is 0 Å². The summed E-state index contributed by atoms with van der Waals surface area (Å²) in [5.41, 5.74) is 3.75. The third kappa shape index (κ3) is 5.35. The van der Waals surface area contributed by atoms with Crippen molar-refractivity contribution in [2.75, 3.05) is 20.1 Å². The van der Waals surface area contributed by atoms with Crippen LogP contribution in [0.25, 0.3) is 0 Å². The minimum Gasteiger partial charge on any atom is -0.460 e. The van der Waals surface area contributed by atoms with Gasteiger partial charge in [-0.25, -0.2) is 0 Å². The maximum atomic E-state index is 12.9. The van der Waals surface area contributed by atoms with Crippen LogP contribution in [0.4, 0.5) is 0 Å². The van der Waals surface area contributed by atoms with Crippen LogP contribution in [-0.2, 0) is 16.1 Å². The summed E-state index contributed by atoms with van der Waals surface area (Å²) in [5.74, 6) is 0.537. The summed E-state index contributed by atoms with van der Waals surface area (Å²) in [5, 5.41) is 0. The molecule has 28 heavy (non-hydrogen) atoms. The number of rotatable bonds is 3. The van der Waals surface area contributed by atoms with Crippen molar-refractivity contribution >= 4 is 5.97 Å². The predicted octanol–water partition coefficient (Wildman–Crippen LogP) is 5.52. The van der Waals surface area contributed by atoms with Crippen molar-refractivity contribution < 1.29 is 9.53 Å². The van der Waals surface area contributed by atoms with Crippen LogP contribution < -0.4 is 0 Å². The highest BCUT2D eigenvalue weighted by molar-refractivity contribution is 5.78. The highest BCUT2D eigenvalue weighted by Gasteiger charge is 2.33. The van der Waals surface area contributed by atoms with Crippen LogP contribution in [0.3, 0.4) is 0 Å². The first-order valence-corrected chi connectivity index (χ1v) is 10.8. The van der Waals surface area contributed by atoms with Gasteiger partial charge in [0.05, 0.1) is 5.41 Å². The highest BCUT2D eigenvalue weighted by atomic mass is 16.5. The predicted molar refractivity (Wildman–Crippen MR) is 115 cm³/mol. The summed E-state index contributed by atoms with van der Waals surface area (Å²) in [6.07, 6.45) is 10.7. The second-order valence-electron chi connectivity index (χ2n) is 8.81. The maximum absolute atomic E-state index is 12.9. The topological polar surface area (TPSA) is 29.5 Å². The molecule has 0 saturated heterocycles. The van der Waals surface area contributed by atoms with E-state index in [0.29, 0.717) is 12.5 Å². The lowest BCUT2D eigenvalue weighted by molar-refractivity contribution is -0.153. The number of esters is 1. The number of carbonyl (C=O) groups is 1. The number of hydrogen-bond acceptors (Lipinski definition) is 3. The molecule has 2 aliphatic rings. The van der Waals surface area contributed by atoms with E-state index in [1.807, 2.05) is 37.3 Å². The Morgan fingerprint density at radius 1 is 1.21 bits per heavy atom. The van der Waals surface area contributed by atoms with Gasteiger partial charge in [0.15, 0.2) is 0 Å². The fourth-order valence-electron chi connectivity index (χ4n) is 4.44. The molecule has 0 fully saturated rings. The second-order valence-corrected chi connectivity index (χ2v) is 8.81. The van der Waals surface area contributed by atoms with Crippen LogP contribution >= 0.6 is 0 Å². The minimum atomic E-state index is -0.532. The molecule has 0 spiro atoms. The summed E-state index contributed by atoms with van der Waals surface area (Å²) in [7, 11) is 2.23. The van der Waals surface area contributed by atoms with Crippen LogP contribution in [-0.4, -0.2) is 31.0 Å². The lowest BCUT2D eigenvalue weighted by Crippen LogP contribution is -2.28. The van der Waals surface area contributed by atoms with Gasteiger partial charge in [-0.15, -0.1) is 0 Å². The molecular weight excluding hydrogens is 346 g/mol. The molecule has 0 aromatic heterocycles. The van der Waals surface area contributed by atoms with E-state index in [2.05, 4.69) is 31.0 Å². The Balaban J connectivity index is 1.68. The van der Waals surface area contributed by atoms with Gasteiger partial charge in [0.25, 0.3) is 0 Å². The third-order valence-electron chi connectivity index (χ3n) is 6.46. The first kappa shape index (κ1) is 20.9. The Labute approximate surface area is 170 Å². The summed E-state index contributed by atoms with van der Waals surface area (Å²) in [6.45, 7) is 7.08. The van der Waals surface area contributed by atoms with E-state index in [9.17, 15) is 4.79 Å². The van der Waals surface area contributed by atoms with Gasteiger partial charge in [-0.1, -0.05) is 60.6 Å². The number of allylic oxidation sites excluding steroid dienone is 2. The molecular formula is C25H35NO2. The normalized spacial score (nSPS) is 28.2. The zero-order valence-electron chi connectivity index (χ0n) is 17.7. The molecule has 1 heterocycles. The molecule has 2 atom stereocenters. The molecule has 3 rings (SSSR count). The van der Waals surface area contributed by atoms with Crippen molar-refractivity contribution in [3.63, 3.8) is 0 Å². The van der Waals surface area contributed by atoms with Crippen molar-refractivity contribution in [3.05, 3.63) is 59.2 Å². The van der Waals surface area contributed by atoms with E-state index in [-0.39, 0.29) is 5.97 Å². The molecule has 152 valence electrons. The molecule has 0 N–H and O–H groups in total. The van der Waals surface area contributed by atoms with Crippen LogP contribution in [0.15, 0.2) is 53.6 Å². The summed E-state index contributed by atoms with van der Waals surface area (Å²) >= 11 is 0. The van der Waals surface area contributed by atoms with Gasteiger partial charge in [-0.2, -0.15) is 0 Å². The second kappa shape index (κ2) is 9.56. The minimum absolute atomic E-state index is 0.102. The van der Waals surface area contributed by atoms with Gasteiger partial charge in [-0.05, 0) is 70.5 Å². The van der Waals surface area contributed by atoms with Crippen LogP contribution in [0.2, 0.25) is 0 Å². The lowest BCUT2D eigenvalue weighted by Gasteiger charge is -2.28. The zero-order valence-corrected chi connectivity index (χ0v) is 17.7. The fourth-order valence-corrected chi connectivity index (χ4v) is 4.44. The smallest absolute Gasteiger partial charge is 0.315 e. The average Bonchev–Trinajstić information content (AvgIpc) is 2.78. The van der Waals surface area contributed by atoms with Crippen molar-refractivity contribution in [3.8, 4) is 0 Å². The Kier molecular flexibility index (Phi) is 7.12. The number of carbonyl (C=O) groups excluding carboxylic acids is 1. The Morgan fingerprint density at radius 3 is 2.79 bits per heavy atom. The van der Waals surface area contributed by atoms with Gasteiger partial charge in [0.2, 0.25) is 0 Å². The molecule has 0 saturated carbocycles. The molecule has 0 amide bonds. The average molecular weight is 382 g/mol. The monoisotopic (exact) mass is 381 g/mol. The third-order valence-corrected chi connectivity index (χ3v) is 6.46. The Bertz CT molecular complexity index is 721. The standard InChI is InChI=1S/C25H35NO2/c1-20-13-17-26(3)18-14-22-11-7-15-25(2,16-8-12-23(20)22)24(27)28-19-21-9-5-4-6-10-21/h4-7,9-10,15,20H,8,11-14,16-19H2,1-3H3/b15-7+,23-22?/t20-,25?/m0/s1. The molecule has 1 unspecified atom stereocenters. The Morgan fingerprint density at radius 2 is 2.00 bits per heavy atom. The van der Waals surface area contributed by atoms with E-state index in [1.54, 1.807) is 11.1 Å². The molecule has 1 aliphatic carbocycles. The SMILES string of the molecule is C[C@H]1CCN(C)CCC2=C1CCCC(C)(C(=O)OCc1ccccc1)/C=C/C2. The molecule has 0 radical (unpaired) electrons. The largest absolute Gasteiger partial charge is 0.460 e. The number of hydrogen-bond donors (Lipinski definition) is 0. The van der Waals surface area contributed by atoms with Gasteiger partial charge < -0.3 is 9.64 Å². The summed E-state index contributed by atoms with van der Waals surface area (Å²) in [6, 6.07) is 9.93. The first-order valence-electron chi connectivity index (χ1n) is 10.8. The quantitative estimate of drug-likeness (QED) is 0.510. The van der Waals surface area contributed by atoms with Crippen LogP contribution in [0, 0.1) is 11.3 Å². The molecule has 3 nitrogen and oxygen atoms in total. The number of benzene rings is 1. The zero-order chi connectivity index (χ0) is 20.0. The first-order chi connectivity index (χ1) is 13.5. The lowest BCUT2D eigenvalue weighted by atomic mass is 9.82. The van der Waals surface area contributed by atoms with Gasteiger partial charge in [-0.3, -0.25) is 4.79 Å². The van der Waals surface area contributed by atoms with Gasteiger partial charge in [0.1, 0.15) is 6.61 Å². The van der Waals surface area contributed by atoms with E-state index in [0.717, 1.165) is 44.2 Å². The molecule has 1 aromatic rings. The summed E-state index contributed by atoms with van der Waals surface area (Å²) < 4.78 is 5.69. The molecule has 1 aliphatic heterocycles. The number of nitrogens with zero attached hydrogens (tertiary/aromatic N) is 1.